The van der Waals surface area contributed by atoms with Crippen molar-refractivity contribution in [2.24, 2.45) is 17.3 Å². The molecule has 3 nitrogen and oxygen atoms in total. The molecule has 1 aliphatic carbocycles. The van der Waals surface area contributed by atoms with Crippen molar-refractivity contribution in [2.75, 3.05) is 20.7 Å². The molecule has 0 aromatic rings. The van der Waals surface area contributed by atoms with E-state index < -0.39 is 0 Å². The second kappa shape index (κ2) is 2.47. The molecular formula is C10H17NO2. The quantitative estimate of drug-likeness (QED) is 0.562. The molecule has 0 aromatic heterocycles. The summed E-state index contributed by atoms with van der Waals surface area (Å²) in [4.78, 5) is 13.6. The number of hydrogen-bond donors (Lipinski definition) is 0. The molecule has 0 N–H and O–H groups in total. The molecule has 3 atom stereocenters. The van der Waals surface area contributed by atoms with E-state index in [0.717, 1.165) is 6.54 Å². The highest BCUT2D eigenvalue weighted by Crippen LogP contribution is 2.64. The third-order valence-electron chi connectivity index (χ3n) is 3.88. The molecular weight excluding hydrogens is 166 g/mol. The van der Waals surface area contributed by atoms with Crippen molar-refractivity contribution in [2.45, 2.75) is 19.9 Å². The molecule has 74 valence electrons. The zero-order valence-electron chi connectivity index (χ0n) is 8.70. The van der Waals surface area contributed by atoms with Gasteiger partial charge in [-0.25, -0.2) is 0 Å². The highest BCUT2D eigenvalue weighted by Gasteiger charge is 2.68. The predicted octanol–water partition coefficient (Wildman–Crippen LogP) is 0.746. The van der Waals surface area contributed by atoms with Crippen molar-refractivity contribution in [3.8, 4) is 0 Å². The van der Waals surface area contributed by atoms with E-state index in [1.807, 2.05) is 7.05 Å². The Morgan fingerprint density at radius 1 is 1.54 bits per heavy atom. The summed E-state index contributed by atoms with van der Waals surface area (Å²) in [6.07, 6.45) is 0. The molecule has 2 fully saturated rings. The lowest BCUT2D eigenvalue weighted by Crippen LogP contribution is -2.39. The Hall–Kier alpha value is -0.570. The van der Waals surface area contributed by atoms with Gasteiger partial charge in [-0.2, -0.15) is 0 Å². The van der Waals surface area contributed by atoms with Crippen molar-refractivity contribution in [1.82, 2.24) is 4.90 Å². The number of hydrogen-bond acceptors (Lipinski definition) is 3. The van der Waals surface area contributed by atoms with Crippen LogP contribution in [-0.2, 0) is 9.53 Å². The minimum atomic E-state index is -0.0689. The van der Waals surface area contributed by atoms with Gasteiger partial charge in [0.25, 0.3) is 0 Å². The summed E-state index contributed by atoms with van der Waals surface area (Å²) in [5.74, 6) is 1.15. The summed E-state index contributed by atoms with van der Waals surface area (Å²) in [6, 6.07) is 0.00463. The molecule has 1 heterocycles. The molecule has 1 saturated carbocycles. The van der Waals surface area contributed by atoms with Crippen LogP contribution in [0.3, 0.4) is 0 Å². The van der Waals surface area contributed by atoms with Crippen LogP contribution in [0.1, 0.15) is 13.8 Å². The van der Waals surface area contributed by atoms with E-state index in [2.05, 4.69) is 18.7 Å². The smallest absolute Gasteiger partial charge is 0.323 e. The minimum Gasteiger partial charge on any atom is -0.468 e. The van der Waals surface area contributed by atoms with Crippen LogP contribution in [-0.4, -0.2) is 37.6 Å². The molecule has 2 aliphatic rings. The Labute approximate surface area is 79.0 Å². The first-order chi connectivity index (χ1) is 6.00. The summed E-state index contributed by atoms with van der Waals surface area (Å²) in [5.41, 5.74) is 0.353. The van der Waals surface area contributed by atoms with Crippen molar-refractivity contribution < 1.29 is 9.53 Å². The highest BCUT2D eigenvalue weighted by atomic mass is 16.5. The highest BCUT2D eigenvalue weighted by molar-refractivity contribution is 5.77. The number of esters is 1. The van der Waals surface area contributed by atoms with Gasteiger partial charge < -0.3 is 4.74 Å². The van der Waals surface area contributed by atoms with Crippen LogP contribution in [0.25, 0.3) is 0 Å². The fraction of sp³-hybridized carbons (Fsp3) is 0.900. The average Bonchev–Trinajstić information content (AvgIpc) is 2.48. The summed E-state index contributed by atoms with van der Waals surface area (Å²) >= 11 is 0. The fourth-order valence-corrected chi connectivity index (χ4v) is 2.91. The molecule has 1 saturated heterocycles. The van der Waals surface area contributed by atoms with Gasteiger partial charge >= 0.3 is 5.97 Å². The Morgan fingerprint density at radius 3 is 2.62 bits per heavy atom. The minimum absolute atomic E-state index is 0.00463. The van der Waals surface area contributed by atoms with Crippen LogP contribution in [0.15, 0.2) is 0 Å². The normalized spacial score (nSPS) is 41.4. The number of nitrogens with zero attached hydrogens (tertiary/aromatic N) is 1. The van der Waals surface area contributed by atoms with Gasteiger partial charge in [-0.1, -0.05) is 13.8 Å². The van der Waals surface area contributed by atoms with E-state index >= 15 is 0 Å². The van der Waals surface area contributed by atoms with Crippen molar-refractivity contribution in [1.29, 1.82) is 0 Å². The number of likely N-dealkylation sites (tertiary alicyclic amines) is 1. The van der Waals surface area contributed by atoms with Crippen molar-refractivity contribution in [3.05, 3.63) is 0 Å². The van der Waals surface area contributed by atoms with Gasteiger partial charge in [-0.3, -0.25) is 9.69 Å². The SMILES string of the molecule is COC(=O)[C@@H]1C2C(CN1C)C2(C)C. The summed E-state index contributed by atoms with van der Waals surface area (Å²) in [7, 11) is 3.47. The van der Waals surface area contributed by atoms with Crippen molar-refractivity contribution >= 4 is 5.97 Å². The van der Waals surface area contributed by atoms with Gasteiger partial charge in [0.1, 0.15) is 6.04 Å². The standard InChI is InChI=1S/C10H17NO2/c1-10(2)6-5-11(3)8(7(6)10)9(12)13-4/h6-8H,5H2,1-4H3/t6?,7?,8-/m0/s1. The van der Waals surface area contributed by atoms with Crippen LogP contribution >= 0.6 is 0 Å². The lowest BCUT2D eigenvalue weighted by Gasteiger charge is -2.24. The van der Waals surface area contributed by atoms with Crippen LogP contribution in [0.4, 0.5) is 0 Å². The topological polar surface area (TPSA) is 29.5 Å². The second-order valence-corrected chi connectivity index (χ2v) is 4.86. The van der Waals surface area contributed by atoms with E-state index in [-0.39, 0.29) is 12.0 Å². The molecule has 3 heteroatoms. The largest absolute Gasteiger partial charge is 0.468 e. The van der Waals surface area contributed by atoms with Crippen LogP contribution in [0.5, 0.6) is 0 Å². The van der Waals surface area contributed by atoms with Crippen molar-refractivity contribution in [3.63, 3.8) is 0 Å². The number of ether oxygens (including phenoxy) is 1. The van der Waals surface area contributed by atoms with Gasteiger partial charge in [0, 0.05) is 6.54 Å². The molecule has 0 amide bonds. The van der Waals surface area contributed by atoms with E-state index in [1.165, 1.54) is 7.11 Å². The molecule has 0 bridgehead atoms. The van der Waals surface area contributed by atoms with Gasteiger partial charge in [0.05, 0.1) is 7.11 Å². The van der Waals surface area contributed by atoms with E-state index in [0.29, 0.717) is 17.3 Å². The monoisotopic (exact) mass is 183 g/mol. The Bertz CT molecular complexity index is 249. The van der Waals surface area contributed by atoms with E-state index in [9.17, 15) is 4.79 Å². The molecule has 2 unspecified atom stereocenters. The molecule has 2 rings (SSSR count). The number of piperidine rings is 1. The number of methoxy groups -OCH3 is 1. The van der Waals surface area contributed by atoms with Gasteiger partial charge in [-0.15, -0.1) is 0 Å². The third kappa shape index (κ3) is 1.03. The molecule has 0 aromatic carbocycles. The van der Waals surface area contributed by atoms with Gasteiger partial charge in [0.15, 0.2) is 0 Å². The second-order valence-electron chi connectivity index (χ2n) is 4.86. The Balaban J connectivity index is 2.15. The van der Waals surface area contributed by atoms with Gasteiger partial charge in [-0.05, 0) is 24.3 Å². The summed E-state index contributed by atoms with van der Waals surface area (Å²) in [5, 5.41) is 0. The van der Waals surface area contributed by atoms with Crippen LogP contribution < -0.4 is 0 Å². The summed E-state index contributed by atoms with van der Waals surface area (Å²) < 4.78 is 4.81. The summed E-state index contributed by atoms with van der Waals surface area (Å²) in [6.45, 7) is 5.52. The number of rotatable bonds is 1. The zero-order valence-corrected chi connectivity index (χ0v) is 8.70. The Kier molecular flexibility index (Phi) is 1.71. The number of carbonyl (C=O) groups is 1. The number of fused-ring (bicyclic) bond motifs is 1. The maximum Gasteiger partial charge on any atom is 0.323 e. The van der Waals surface area contributed by atoms with E-state index in [1.54, 1.807) is 0 Å². The lowest BCUT2D eigenvalue weighted by atomic mass is 10.0. The first-order valence-electron chi connectivity index (χ1n) is 4.78. The predicted molar refractivity (Wildman–Crippen MR) is 49.2 cm³/mol. The fourth-order valence-electron chi connectivity index (χ4n) is 2.91. The van der Waals surface area contributed by atoms with Crippen LogP contribution in [0, 0.1) is 17.3 Å². The molecule has 0 spiro atoms. The number of likely N-dealkylation sites (N-methyl/N-ethyl adjacent to an activating group) is 1. The van der Waals surface area contributed by atoms with Gasteiger partial charge in [0.2, 0.25) is 0 Å². The maximum atomic E-state index is 11.5. The number of carbonyl (C=O) groups excluding carboxylic acids is 1. The van der Waals surface area contributed by atoms with E-state index in [4.69, 9.17) is 4.74 Å². The molecule has 1 aliphatic heterocycles. The lowest BCUT2D eigenvalue weighted by molar-refractivity contribution is -0.146. The van der Waals surface area contributed by atoms with Crippen LogP contribution in [0.2, 0.25) is 0 Å². The average molecular weight is 183 g/mol. The maximum absolute atomic E-state index is 11.5. The molecule has 0 radical (unpaired) electrons. The zero-order chi connectivity index (χ0) is 9.80. The third-order valence-corrected chi connectivity index (χ3v) is 3.88. The first kappa shape index (κ1) is 9.00. The Morgan fingerprint density at radius 2 is 2.15 bits per heavy atom. The first-order valence-corrected chi connectivity index (χ1v) is 4.78. The molecule has 13 heavy (non-hydrogen) atoms.